The van der Waals surface area contributed by atoms with E-state index >= 15 is 0 Å². The van der Waals surface area contributed by atoms with E-state index in [1.165, 1.54) is 88.3 Å². The van der Waals surface area contributed by atoms with Gasteiger partial charge in [0.15, 0.2) is 0 Å². The lowest BCUT2D eigenvalue weighted by Crippen LogP contribution is -2.10. The van der Waals surface area contributed by atoms with Crippen molar-refractivity contribution < 1.29 is 0 Å². The number of hydrogen-bond acceptors (Lipinski definition) is 1. The number of hydrogen-bond donors (Lipinski definition) is 0. The minimum Gasteiger partial charge on any atom is -0.310 e. The highest BCUT2D eigenvalue weighted by atomic mass is 15.1. The Kier molecular flexibility index (Phi) is 7.89. The minimum atomic E-state index is 1.11. The molecule has 0 heterocycles. The zero-order valence-corrected chi connectivity index (χ0v) is 31.3. The van der Waals surface area contributed by atoms with Crippen molar-refractivity contribution >= 4 is 38.6 Å². The van der Waals surface area contributed by atoms with Gasteiger partial charge in [-0.25, -0.2) is 0 Å². The van der Waals surface area contributed by atoms with Gasteiger partial charge in [0.25, 0.3) is 0 Å². The summed E-state index contributed by atoms with van der Waals surface area (Å²) in [6.45, 7) is 0. The number of benzene rings is 10. The first kappa shape index (κ1) is 32.9. The van der Waals surface area contributed by atoms with Crippen LogP contribution in [-0.4, -0.2) is 0 Å². The summed E-state index contributed by atoms with van der Waals surface area (Å²) in [4.78, 5) is 2.38. The Morgan fingerprint density at radius 3 is 0.930 bits per heavy atom. The van der Waals surface area contributed by atoms with Gasteiger partial charge in [-0.2, -0.15) is 0 Å². The van der Waals surface area contributed by atoms with Gasteiger partial charge in [0.05, 0.1) is 0 Å². The van der Waals surface area contributed by atoms with Crippen LogP contribution in [0.4, 0.5) is 17.1 Å². The van der Waals surface area contributed by atoms with Gasteiger partial charge < -0.3 is 4.90 Å². The SMILES string of the molecule is c1ccc(-c2ccc(-c3ccc(N(c4ccc(-c5ccccc5)cc4)c4ccc5cc6c(cc5c4)-c4cc5cc(-c7ccccc7)ccc5cc4-6)cc3)cc2)cc1. The van der Waals surface area contributed by atoms with Crippen molar-refractivity contribution in [2.75, 3.05) is 4.90 Å². The molecule has 1 heteroatoms. The number of nitrogens with zero attached hydrogens (tertiary/aromatic N) is 1. The summed E-state index contributed by atoms with van der Waals surface area (Å²) < 4.78 is 0. The van der Waals surface area contributed by atoms with Crippen LogP contribution >= 0.6 is 0 Å². The summed E-state index contributed by atoms with van der Waals surface area (Å²) in [5, 5.41) is 5.03. The molecule has 266 valence electrons. The molecular weight excluding hydrogens is 687 g/mol. The lowest BCUT2D eigenvalue weighted by atomic mass is 9.77. The zero-order chi connectivity index (χ0) is 37.7. The Labute approximate surface area is 333 Å². The molecule has 0 N–H and O–H groups in total. The Balaban J connectivity index is 0.962. The van der Waals surface area contributed by atoms with Crippen LogP contribution in [0.5, 0.6) is 0 Å². The lowest BCUT2D eigenvalue weighted by Gasteiger charge is -2.28. The predicted molar refractivity (Wildman–Crippen MR) is 242 cm³/mol. The summed E-state index contributed by atoms with van der Waals surface area (Å²) in [5.74, 6) is 0. The Hall–Kier alpha value is -7.48. The van der Waals surface area contributed by atoms with Crippen LogP contribution in [0.25, 0.3) is 88.3 Å². The fraction of sp³-hybridized carbons (Fsp3) is 0. The van der Waals surface area contributed by atoms with Crippen molar-refractivity contribution in [3.63, 3.8) is 0 Å². The quantitative estimate of drug-likeness (QED) is 0.158. The molecule has 0 radical (unpaired) electrons. The highest BCUT2D eigenvalue weighted by Crippen LogP contribution is 2.51. The monoisotopic (exact) mass is 723 g/mol. The van der Waals surface area contributed by atoms with E-state index in [4.69, 9.17) is 0 Å². The normalized spacial score (nSPS) is 11.5. The predicted octanol–water partition coefficient (Wildman–Crippen LogP) is 15.8. The van der Waals surface area contributed by atoms with Gasteiger partial charge in [0.2, 0.25) is 0 Å². The van der Waals surface area contributed by atoms with Crippen LogP contribution < -0.4 is 4.90 Å². The smallest absolute Gasteiger partial charge is 0.0468 e. The van der Waals surface area contributed by atoms with Crippen molar-refractivity contribution in [1.82, 2.24) is 0 Å². The second-order valence-corrected chi connectivity index (χ2v) is 15.0. The van der Waals surface area contributed by atoms with Crippen LogP contribution in [0.15, 0.2) is 224 Å². The summed E-state index contributed by atoms with van der Waals surface area (Å²) >= 11 is 0. The van der Waals surface area contributed by atoms with Gasteiger partial charge in [-0.05, 0) is 155 Å². The topological polar surface area (TPSA) is 3.24 Å². The summed E-state index contributed by atoms with van der Waals surface area (Å²) in [5.41, 5.74) is 18.4. The van der Waals surface area contributed by atoms with E-state index in [2.05, 4.69) is 229 Å². The van der Waals surface area contributed by atoms with Crippen molar-refractivity contribution in [2.45, 2.75) is 0 Å². The molecule has 0 amide bonds. The van der Waals surface area contributed by atoms with Crippen molar-refractivity contribution in [3.8, 4) is 66.8 Å². The fourth-order valence-electron chi connectivity index (χ4n) is 8.53. The average Bonchev–Trinajstić information content (AvgIpc) is 3.29. The molecule has 0 aromatic heterocycles. The van der Waals surface area contributed by atoms with Gasteiger partial charge in [-0.15, -0.1) is 0 Å². The van der Waals surface area contributed by atoms with Crippen LogP contribution in [0.2, 0.25) is 0 Å². The first-order valence-corrected chi connectivity index (χ1v) is 19.7. The fourth-order valence-corrected chi connectivity index (χ4v) is 8.53. The van der Waals surface area contributed by atoms with E-state index in [0.717, 1.165) is 17.1 Å². The molecule has 1 nitrogen and oxygen atoms in total. The third-order valence-corrected chi connectivity index (χ3v) is 11.6. The maximum Gasteiger partial charge on any atom is 0.0468 e. The highest BCUT2D eigenvalue weighted by molar-refractivity contribution is 6.12. The van der Waals surface area contributed by atoms with Gasteiger partial charge >= 0.3 is 0 Å². The Morgan fingerprint density at radius 1 is 0.193 bits per heavy atom. The summed E-state index contributed by atoms with van der Waals surface area (Å²) in [6, 6.07) is 81.8. The van der Waals surface area contributed by atoms with Gasteiger partial charge in [-0.3, -0.25) is 0 Å². The highest BCUT2D eigenvalue weighted by Gasteiger charge is 2.24. The lowest BCUT2D eigenvalue weighted by molar-refractivity contribution is 1.29. The third-order valence-electron chi connectivity index (χ3n) is 11.6. The van der Waals surface area contributed by atoms with Gasteiger partial charge in [0.1, 0.15) is 0 Å². The van der Waals surface area contributed by atoms with E-state index in [9.17, 15) is 0 Å². The molecule has 1 aliphatic rings. The molecule has 0 aliphatic heterocycles. The molecule has 10 aromatic rings. The number of anilines is 3. The first-order valence-electron chi connectivity index (χ1n) is 19.7. The maximum atomic E-state index is 2.39. The molecule has 0 spiro atoms. The van der Waals surface area contributed by atoms with Gasteiger partial charge in [-0.1, -0.05) is 158 Å². The van der Waals surface area contributed by atoms with E-state index in [-0.39, 0.29) is 0 Å². The Bertz CT molecular complexity index is 3060. The number of rotatable bonds is 7. The molecule has 0 saturated carbocycles. The van der Waals surface area contributed by atoms with Crippen LogP contribution in [0, 0.1) is 0 Å². The standard InChI is InChI=1S/C56H37N/c1-4-10-38(11-5-1)41-16-18-42(19-17-41)44-24-29-51(30-25-44)57(50-27-22-43(23-28-50)39-12-6-2-7-13-39)52-31-26-47-35-54-53-34-46-21-20-45(40-14-8-3-9-15-40)32-48(46)36-55(53)56(54)37-49(47)33-52/h1-37H. The second-order valence-electron chi connectivity index (χ2n) is 15.0. The molecule has 0 saturated heterocycles. The first-order chi connectivity index (χ1) is 28.2. The molecule has 0 fully saturated rings. The molecule has 1 aliphatic carbocycles. The largest absolute Gasteiger partial charge is 0.310 e. The number of fused-ring (bicyclic) bond motifs is 6. The Morgan fingerprint density at radius 2 is 0.491 bits per heavy atom. The summed E-state index contributed by atoms with van der Waals surface area (Å²) in [7, 11) is 0. The summed E-state index contributed by atoms with van der Waals surface area (Å²) in [6.07, 6.45) is 0. The maximum absolute atomic E-state index is 2.39. The van der Waals surface area contributed by atoms with E-state index in [1.54, 1.807) is 0 Å². The van der Waals surface area contributed by atoms with E-state index < -0.39 is 0 Å². The van der Waals surface area contributed by atoms with Crippen molar-refractivity contribution in [2.24, 2.45) is 0 Å². The van der Waals surface area contributed by atoms with Gasteiger partial charge in [0, 0.05) is 17.1 Å². The van der Waals surface area contributed by atoms with Crippen LogP contribution in [0.3, 0.4) is 0 Å². The van der Waals surface area contributed by atoms with Crippen LogP contribution in [-0.2, 0) is 0 Å². The molecule has 10 aromatic carbocycles. The van der Waals surface area contributed by atoms with E-state index in [0.29, 0.717) is 0 Å². The second kappa shape index (κ2) is 13.7. The van der Waals surface area contributed by atoms with E-state index in [1.807, 2.05) is 0 Å². The average molecular weight is 724 g/mol. The molecule has 0 bridgehead atoms. The third kappa shape index (κ3) is 5.98. The molecule has 11 rings (SSSR count). The zero-order valence-electron chi connectivity index (χ0n) is 31.3. The van der Waals surface area contributed by atoms with Crippen molar-refractivity contribution in [1.29, 1.82) is 0 Å². The molecular formula is C56H37N. The van der Waals surface area contributed by atoms with Crippen molar-refractivity contribution in [3.05, 3.63) is 224 Å². The van der Waals surface area contributed by atoms with Crippen LogP contribution in [0.1, 0.15) is 0 Å². The minimum absolute atomic E-state index is 1.11. The molecule has 0 atom stereocenters. The molecule has 0 unspecified atom stereocenters. The molecule has 57 heavy (non-hydrogen) atoms.